The van der Waals surface area contributed by atoms with E-state index in [1.165, 1.54) is 30.6 Å². The Hall–Kier alpha value is -1.15. The highest BCUT2D eigenvalue weighted by Gasteiger charge is 2.19. The van der Waals surface area contributed by atoms with Crippen LogP contribution in [0.3, 0.4) is 0 Å². The van der Waals surface area contributed by atoms with Crippen LogP contribution in [0.2, 0.25) is 5.02 Å². The number of thiazole rings is 1. The molecule has 1 N–H and O–H groups in total. The van der Waals surface area contributed by atoms with Crippen LogP contribution >= 0.6 is 22.9 Å². The van der Waals surface area contributed by atoms with E-state index in [1.807, 2.05) is 12.3 Å². The molecule has 1 heterocycles. The van der Waals surface area contributed by atoms with Crippen molar-refractivity contribution in [1.29, 1.82) is 0 Å². The predicted molar refractivity (Wildman–Crippen MR) is 83.7 cm³/mol. The number of aromatic nitrogens is 1. The lowest BCUT2D eigenvalue weighted by Gasteiger charge is -2.10. The molecule has 0 bridgehead atoms. The van der Waals surface area contributed by atoms with Gasteiger partial charge in [-0.2, -0.15) is 0 Å². The molecule has 0 unspecified atom stereocenters. The van der Waals surface area contributed by atoms with Crippen LogP contribution in [-0.2, 0) is 16.4 Å². The lowest BCUT2D eigenvalue weighted by Crippen LogP contribution is -2.26. The van der Waals surface area contributed by atoms with E-state index in [9.17, 15) is 8.42 Å². The highest BCUT2D eigenvalue weighted by molar-refractivity contribution is 7.89. The average molecular weight is 347 g/mol. The van der Waals surface area contributed by atoms with Crippen LogP contribution in [0, 0.1) is 6.92 Å². The first kappa shape index (κ1) is 16.2. The minimum Gasteiger partial charge on any atom is -0.495 e. The molecule has 0 atom stereocenters. The molecule has 2 rings (SSSR count). The molecule has 0 aliphatic rings. The third kappa shape index (κ3) is 4.16. The first-order chi connectivity index (χ1) is 9.92. The largest absolute Gasteiger partial charge is 0.495 e. The van der Waals surface area contributed by atoms with Gasteiger partial charge in [-0.1, -0.05) is 11.6 Å². The van der Waals surface area contributed by atoms with Crippen molar-refractivity contribution in [2.45, 2.75) is 18.2 Å². The monoisotopic (exact) mass is 346 g/mol. The molecular weight excluding hydrogens is 332 g/mol. The van der Waals surface area contributed by atoms with E-state index in [4.69, 9.17) is 16.3 Å². The molecule has 0 spiro atoms. The topological polar surface area (TPSA) is 68.3 Å². The molecule has 21 heavy (non-hydrogen) atoms. The van der Waals surface area contributed by atoms with Crippen LogP contribution in [0.15, 0.2) is 28.5 Å². The van der Waals surface area contributed by atoms with Gasteiger partial charge in [-0.3, -0.25) is 0 Å². The summed E-state index contributed by atoms with van der Waals surface area (Å²) < 4.78 is 32.2. The Bertz CT molecular complexity index is 729. The van der Waals surface area contributed by atoms with E-state index in [-0.39, 0.29) is 17.2 Å². The minimum absolute atomic E-state index is 0.0350. The van der Waals surface area contributed by atoms with Crippen molar-refractivity contribution in [3.8, 4) is 5.75 Å². The first-order valence-electron chi connectivity index (χ1n) is 6.16. The van der Waals surface area contributed by atoms with Crippen molar-refractivity contribution in [3.63, 3.8) is 0 Å². The predicted octanol–water partition coefficient (Wildman–Crippen LogP) is 2.63. The standard InChI is InChI=1S/C13H15ClN2O3S2/c1-9-8-20-13(16-9)5-6-15-21(17,18)12-7-10(14)3-4-11(12)19-2/h3-4,7-8,15H,5-6H2,1-2H3. The van der Waals surface area contributed by atoms with Crippen molar-refractivity contribution in [1.82, 2.24) is 9.71 Å². The Labute approximate surface area is 133 Å². The van der Waals surface area contributed by atoms with Crippen LogP contribution in [0.25, 0.3) is 0 Å². The summed E-state index contributed by atoms with van der Waals surface area (Å²) in [5.74, 6) is 0.261. The van der Waals surface area contributed by atoms with E-state index in [0.717, 1.165) is 10.7 Å². The maximum atomic E-state index is 12.3. The lowest BCUT2D eigenvalue weighted by molar-refractivity contribution is 0.402. The van der Waals surface area contributed by atoms with Gasteiger partial charge in [0.05, 0.1) is 12.1 Å². The van der Waals surface area contributed by atoms with Crippen molar-refractivity contribution in [2.75, 3.05) is 13.7 Å². The van der Waals surface area contributed by atoms with Gasteiger partial charge in [-0.25, -0.2) is 18.1 Å². The molecule has 2 aromatic rings. The fourth-order valence-corrected chi connectivity index (χ4v) is 3.99. The van der Waals surface area contributed by atoms with Crippen LogP contribution in [0.1, 0.15) is 10.7 Å². The van der Waals surface area contributed by atoms with E-state index in [1.54, 1.807) is 6.07 Å². The van der Waals surface area contributed by atoms with Gasteiger partial charge in [0.1, 0.15) is 10.6 Å². The highest BCUT2D eigenvalue weighted by atomic mass is 35.5. The van der Waals surface area contributed by atoms with Crippen molar-refractivity contribution < 1.29 is 13.2 Å². The molecule has 0 aliphatic carbocycles. The summed E-state index contributed by atoms with van der Waals surface area (Å²) in [6.45, 7) is 2.17. The van der Waals surface area contributed by atoms with E-state index in [2.05, 4.69) is 9.71 Å². The molecule has 8 heteroatoms. The van der Waals surface area contributed by atoms with Gasteiger partial charge in [0.2, 0.25) is 10.0 Å². The van der Waals surface area contributed by atoms with Gasteiger partial charge < -0.3 is 4.74 Å². The number of benzene rings is 1. The zero-order valence-electron chi connectivity index (χ0n) is 11.6. The van der Waals surface area contributed by atoms with Gasteiger partial charge in [-0.05, 0) is 25.1 Å². The summed E-state index contributed by atoms with van der Waals surface area (Å²) in [5.41, 5.74) is 0.939. The zero-order valence-corrected chi connectivity index (χ0v) is 14.0. The number of nitrogens with one attached hydrogen (secondary N) is 1. The molecule has 0 amide bonds. The van der Waals surface area contributed by atoms with E-state index >= 15 is 0 Å². The number of rotatable bonds is 6. The number of halogens is 1. The maximum absolute atomic E-state index is 12.3. The number of hydrogen-bond acceptors (Lipinski definition) is 5. The fraction of sp³-hybridized carbons (Fsp3) is 0.308. The third-order valence-corrected chi connectivity index (χ3v) is 5.46. The highest BCUT2D eigenvalue weighted by Crippen LogP contribution is 2.26. The second kappa shape index (κ2) is 6.74. The van der Waals surface area contributed by atoms with Crippen LogP contribution in [0.4, 0.5) is 0 Å². The molecular formula is C13H15ClN2O3S2. The molecule has 0 aliphatic heterocycles. The summed E-state index contributed by atoms with van der Waals surface area (Å²) in [4.78, 5) is 4.32. The normalized spacial score (nSPS) is 11.6. The molecule has 1 aromatic carbocycles. The third-order valence-electron chi connectivity index (χ3n) is 2.71. The molecule has 0 radical (unpaired) electrons. The number of sulfonamides is 1. The Morgan fingerprint density at radius 2 is 2.19 bits per heavy atom. The Morgan fingerprint density at radius 3 is 2.81 bits per heavy atom. The summed E-state index contributed by atoms with van der Waals surface area (Å²) >= 11 is 7.37. The minimum atomic E-state index is -3.67. The number of aryl methyl sites for hydroxylation is 1. The summed E-state index contributed by atoms with van der Waals surface area (Å²) in [6.07, 6.45) is 0.542. The average Bonchev–Trinajstić information content (AvgIpc) is 2.84. The second-order valence-corrected chi connectivity index (χ2v) is 7.44. The molecule has 1 aromatic heterocycles. The van der Waals surface area contributed by atoms with Gasteiger partial charge in [0, 0.05) is 29.1 Å². The van der Waals surface area contributed by atoms with Gasteiger partial charge in [0.15, 0.2) is 0 Å². The molecule has 114 valence electrons. The van der Waals surface area contributed by atoms with Crippen molar-refractivity contribution >= 4 is 33.0 Å². The summed E-state index contributed by atoms with van der Waals surface area (Å²) in [6, 6.07) is 4.48. The van der Waals surface area contributed by atoms with Gasteiger partial charge in [0.25, 0.3) is 0 Å². The number of hydrogen-bond donors (Lipinski definition) is 1. The van der Waals surface area contributed by atoms with Crippen molar-refractivity contribution in [2.24, 2.45) is 0 Å². The molecule has 0 saturated heterocycles. The van der Waals surface area contributed by atoms with Crippen LogP contribution in [0.5, 0.6) is 5.75 Å². The quantitative estimate of drug-likeness (QED) is 0.873. The van der Waals surface area contributed by atoms with E-state index < -0.39 is 10.0 Å². The Morgan fingerprint density at radius 1 is 1.43 bits per heavy atom. The Balaban J connectivity index is 2.09. The number of methoxy groups -OCH3 is 1. The van der Waals surface area contributed by atoms with Crippen LogP contribution < -0.4 is 9.46 Å². The fourth-order valence-electron chi connectivity index (χ4n) is 1.75. The lowest BCUT2D eigenvalue weighted by atomic mass is 10.3. The number of ether oxygens (including phenoxy) is 1. The van der Waals surface area contributed by atoms with Gasteiger partial charge >= 0.3 is 0 Å². The van der Waals surface area contributed by atoms with Gasteiger partial charge in [-0.15, -0.1) is 11.3 Å². The maximum Gasteiger partial charge on any atom is 0.244 e. The Kier molecular flexibility index (Phi) is 5.21. The molecule has 0 fully saturated rings. The van der Waals surface area contributed by atoms with E-state index in [0.29, 0.717) is 11.4 Å². The second-order valence-electron chi connectivity index (χ2n) is 4.33. The summed E-state index contributed by atoms with van der Waals surface area (Å²) in [5, 5.41) is 3.17. The van der Waals surface area contributed by atoms with Crippen LogP contribution in [-0.4, -0.2) is 27.1 Å². The zero-order chi connectivity index (χ0) is 15.5. The molecule has 5 nitrogen and oxygen atoms in total. The smallest absolute Gasteiger partial charge is 0.244 e. The number of nitrogens with zero attached hydrogens (tertiary/aromatic N) is 1. The van der Waals surface area contributed by atoms with Crippen molar-refractivity contribution in [3.05, 3.63) is 39.3 Å². The first-order valence-corrected chi connectivity index (χ1v) is 8.90. The summed E-state index contributed by atoms with van der Waals surface area (Å²) in [7, 11) is -2.25. The SMILES string of the molecule is COc1ccc(Cl)cc1S(=O)(=O)NCCc1nc(C)cs1. The molecule has 0 saturated carbocycles.